The van der Waals surface area contributed by atoms with E-state index in [1.54, 1.807) is 22.5 Å². The summed E-state index contributed by atoms with van der Waals surface area (Å²) in [7, 11) is 0. The van der Waals surface area contributed by atoms with Crippen molar-refractivity contribution in [3.8, 4) is 0 Å². The zero-order valence-electron chi connectivity index (χ0n) is 4.76. The number of hydrogen-bond donors (Lipinski definition) is 0. The third-order valence-corrected chi connectivity index (χ3v) is 1.54. The van der Waals surface area contributed by atoms with E-state index in [0.29, 0.717) is 13.3 Å². The second-order valence-electron chi connectivity index (χ2n) is 1.16. The van der Waals surface area contributed by atoms with Crippen molar-refractivity contribution in [2.45, 2.75) is 24.2 Å². The van der Waals surface area contributed by atoms with Crippen molar-refractivity contribution in [2.75, 3.05) is 0 Å². The molecule has 0 aliphatic rings. The Morgan fingerprint density at radius 2 is 1.88 bits per heavy atom. The Balaban J connectivity index is 0. The molecule has 0 unspecified atom stereocenters. The molecule has 51 valence electrons. The van der Waals surface area contributed by atoms with Gasteiger partial charge in [-0.3, -0.25) is 0 Å². The van der Waals surface area contributed by atoms with Crippen LogP contribution < -0.4 is 13.3 Å². The monoisotopic (exact) mass is 558 g/mol. The molecule has 8 heavy (non-hydrogen) atoms. The Morgan fingerprint density at radius 3 is 1.88 bits per heavy atom. The molecule has 0 heterocycles. The maximum atomic E-state index is 2.39. The number of rotatable bonds is 2. The molecule has 0 fully saturated rings. The van der Waals surface area contributed by atoms with Crippen LogP contribution in [0.1, 0.15) is 19.8 Å². The third kappa shape index (κ3) is 23.1. The van der Waals surface area contributed by atoms with E-state index in [4.69, 9.17) is 0 Å². The van der Waals surface area contributed by atoms with Gasteiger partial charge in [-0.15, -0.1) is 0 Å². The minimum atomic E-state index is 0.530. The standard InChI is InChI=1S/C4H9.I3.Sn/c1-3-4-2;1-3-2;/h1,3-4H2,2H3;;/q;-1;. The summed E-state index contributed by atoms with van der Waals surface area (Å²) in [6.45, 7) is 2.23. The first-order chi connectivity index (χ1) is 3.83. The van der Waals surface area contributed by atoms with Gasteiger partial charge in [-0.1, -0.05) is 0 Å². The van der Waals surface area contributed by atoms with Gasteiger partial charge in [0.25, 0.3) is 0 Å². The van der Waals surface area contributed by atoms with Crippen LogP contribution in [0.25, 0.3) is 0 Å². The van der Waals surface area contributed by atoms with Crippen LogP contribution in [0.5, 0.6) is 0 Å². The molecule has 0 aliphatic carbocycles. The maximum absolute atomic E-state index is 2.39. The van der Waals surface area contributed by atoms with E-state index < -0.39 is 0 Å². The van der Waals surface area contributed by atoms with Gasteiger partial charge in [0.2, 0.25) is 0 Å². The number of halogens is 3. The fraction of sp³-hybridized carbons (Fsp3) is 1.00. The van der Waals surface area contributed by atoms with E-state index >= 15 is 0 Å². The molecule has 0 amide bonds. The van der Waals surface area contributed by atoms with E-state index in [9.17, 15) is 0 Å². The Labute approximate surface area is 95.0 Å². The molecule has 0 saturated carbocycles. The summed E-state index contributed by atoms with van der Waals surface area (Å²) in [5.41, 5.74) is 0. The summed E-state index contributed by atoms with van der Waals surface area (Å²) in [5.74, 6) is 0. The molecule has 0 aromatic rings. The van der Waals surface area contributed by atoms with Crippen molar-refractivity contribution in [1.29, 1.82) is 0 Å². The van der Waals surface area contributed by atoms with Crippen LogP contribution >= 0.6 is 37.2 Å². The summed E-state index contributed by atoms with van der Waals surface area (Å²) >= 11 is 6.98. The molecule has 0 bridgehead atoms. The molecule has 0 spiro atoms. The first kappa shape index (κ1) is 13.6. The molecule has 0 saturated heterocycles. The fourth-order valence-corrected chi connectivity index (χ4v) is 1.19. The molecular weight excluding hydrogens is 547 g/mol. The van der Waals surface area contributed by atoms with Crippen molar-refractivity contribution in [3.63, 3.8) is 0 Å². The van der Waals surface area contributed by atoms with Crippen molar-refractivity contribution >= 4 is 59.8 Å². The molecule has 0 N–H and O–H groups in total. The fourth-order valence-electron chi connectivity index (χ4n) is 0.177. The Hall–Kier alpha value is 2.99. The first-order valence-corrected chi connectivity index (χ1v) is 16.9. The number of hydrogen-bond acceptors (Lipinski definition) is 0. The van der Waals surface area contributed by atoms with Crippen LogP contribution in [-0.4, -0.2) is 22.5 Å². The third-order valence-electron chi connectivity index (χ3n) is 0.530. The summed E-state index contributed by atoms with van der Waals surface area (Å²) < 4.78 is 1.43. The van der Waals surface area contributed by atoms with Crippen LogP contribution in [0.2, 0.25) is 4.44 Å². The molecule has 0 aliphatic heterocycles. The van der Waals surface area contributed by atoms with Crippen LogP contribution in [0, 0.1) is 0 Å². The van der Waals surface area contributed by atoms with Gasteiger partial charge in [-0.25, -0.2) is 0 Å². The average Bonchev–Trinajstić information content (AvgIpc) is 1.71. The molecule has 3 radical (unpaired) electrons. The Kier molecular flexibility index (Phi) is 28.0. The molecule has 0 atom stereocenters. The first-order valence-electron chi connectivity index (χ1n) is 2.35. The summed E-state index contributed by atoms with van der Waals surface area (Å²) in [4.78, 5) is 0. The van der Waals surface area contributed by atoms with Gasteiger partial charge in [-0.05, 0) is 0 Å². The normalized spacial score (nSPS) is 8.00. The zero-order chi connectivity index (χ0) is 6.83. The van der Waals surface area contributed by atoms with Crippen molar-refractivity contribution in [2.24, 2.45) is 0 Å². The van der Waals surface area contributed by atoms with Crippen molar-refractivity contribution in [1.82, 2.24) is 0 Å². The second kappa shape index (κ2) is 16.5. The van der Waals surface area contributed by atoms with Crippen molar-refractivity contribution in [3.05, 3.63) is 0 Å². The van der Waals surface area contributed by atoms with E-state index in [2.05, 4.69) is 44.2 Å². The van der Waals surface area contributed by atoms with Crippen LogP contribution in [0.4, 0.5) is 0 Å². The van der Waals surface area contributed by atoms with Crippen LogP contribution in [-0.2, 0) is 0 Å². The molecule has 0 aromatic carbocycles. The molecule has 0 aromatic heterocycles. The van der Waals surface area contributed by atoms with Gasteiger partial charge in [0.05, 0.1) is 0 Å². The predicted octanol–water partition coefficient (Wildman–Crippen LogP) is 0.149. The topological polar surface area (TPSA) is 0 Å². The molecule has 0 rings (SSSR count). The summed E-state index contributed by atoms with van der Waals surface area (Å²) in [6.07, 6.45) is 2.80. The van der Waals surface area contributed by atoms with Gasteiger partial charge < -0.3 is 0 Å². The van der Waals surface area contributed by atoms with Gasteiger partial charge in [-0.2, -0.15) is 0 Å². The minimum absolute atomic E-state index is 0.530. The summed E-state index contributed by atoms with van der Waals surface area (Å²) in [6, 6.07) is 0. The quantitative estimate of drug-likeness (QED) is 0.336. The summed E-state index contributed by atoms with van der Waals surface area (Å²) in [5, 5.41) is 0. The van der Waals surface area contributed by atoms with Crippen LogP contribution in [0.15, 0.2) is 0 Å². The van der Waals surface area contributed by atoms with Crippen molar-refractivity contribution < 1.29 is 13.3 Å². The van der Waals surface area contributed by atoms with E-state index in [1.807, 2.05) is 0 Å². The van der Waals surface area contributed by atoms with Gasteiger partial charge in [0, 0.05) is 0 Å². The van der Waals surface area contributed by atoms with E-state index in [0.717, 1.165) is 0 Å². The van der Waals surface area contributed by atoms with E-state index in [1.165, 1.54) is 17.3 Å². The van der Waals surface area contributed by atoms with Crippen LogP contribution in [0.3, 0.4) is 0 Å². The second-order valence-corrected chi connectivity index (χ2v) is 18.8. The predicted molar refractivity (Wildman–Crippen MR) is 53.5 cm³/mol. The SMILES string of the molecule is CCC[CH2][Sn].I[I-]I. The molecule has 0 nitrogen and oxygen atoms in total. The number of unbranched alkanes of at least 4 members (excludes halogenated alkanes) is 1. The Morgan fingerprint density at radius 1 is 1.50 bits per heavy atom. The molecular formula is C4H9I3Sn-. The zero-order valence-corrected chi connectivity index (χ0v) is 14.1. The molecule has 4 heteroatoms. The van der Waals surface area contributed by atoms with Gasteiger partial charge >= 0.3 is 97.2 Å². The Bertz CT molecular complexity index is 25.2. The van der Waals surface area contributed by atoms with Gasteiger partial charge in [0.1, 0.15) is 0 Å². The van der Waals surface area contributed by atoms with E-state index in [-0.39, 0.29) is 0 Å². The van der Waals surface area contributed by atoms with Gasteiger partial charge in [0.15, 0.2) is 0 Å². The average molecular weight is 557 g/mol.